The highest BCUT2D eigenvalue weighted by Crippen LogP contribution is 2.28. The van der Waals surface area contributed by atoms with E-state index in [9.17, 15) is 15.0 Å². The Hall–Kier alpha value is -1.39. The van der Waals surface area contributed by atoms with E-state index in [0.717, 1.165) is 24.9 Å². The van der Waals surface area contributed by atoms with Gasteiger partial charge in [0.15, 0.2) is 0 Å². The highest BCUT2D eigenvalue weighted by atomic mass is 16.4. The van der Waals surface area contributed by atoms with Crippen LogP contribution in [0.3, 0.4) is 0 Å². The van der Waals surface area contributed by atoms with E-state index in [-0.39, 0.29) is 5.92 Å². The van der Waals surface area contributed by atoms with Crippen LogP contribution < -0.4 is 0 Å². The van der Waals surface area contributed by atoms with Gasteiger partial charge in [-0.05, 0) is 37.8 Å². The molecule has 1 aromatic carbocycles. The third-order valence-electron chi connectivity index (χ3n) is 4.20. The Labute approximate surface area is 120 Å². The molecule has 3 atom stereocenters. The Kier molecular flexibility index (Phi) is 4.45. The topological polar surface area (TPSA) is 60.8 Å². The first-order chi connectivity index (χ1) is 9.42. The molecule has 0 bridgehead atoms. The van der Waals surface area contributed by atoms with Gasteiger partial charge >= 0.3 is 5.97 Å². The fourth-order valence-corrected chi connectivity index (χ4v) is 3.13. The molecule has 0 saturated carbocycles. The zero-order valence-electron chi connectivity index (χ0n) is 12.1. The number of carboxylic acids is 1. The third-order valence-corrected chi connectivity index (χ3v) is 4.20. The fraction of sp³-hybridized carbons (Fsp3) is 0.562. The number of hydrogen-bond acceptors (Lipinski definition) is 3. The molecule has 0 amide bonds. The molecule has 1 aromatic rings. The number of piperidine rings is 1. The van der Waals surface area contributed by atoms with Gasteiger partial charge in [-0.2, -0.15) is 0 Å². The second kappa shape index (κ2) is 5.94. The van der Waals surface area contributed by atoms with Crippen molar-refractivity contribution in [1.29, 1.82) is 0 Å². The molecule has 1 fully saturated rings. The molecule has 110 valence electrons. The van der Waals surface area contributed by atoms with Gasteiger partial charge in [-0.25, -0.2) is 0 Å². The van der Waals surface area contributed by atoms with Crippen LogP contribution in [-0.4, -0.2) is 40.2 Å². The molecule has 1 aliphatic rings. The van der Waals surface area contributed by atoms with Gasteiger partial charge in [0, 0.05) is 6.54 Å². The summed E-state index contributed by atoms with van der Waals surface area (Å²) in [6.07, 6.45) is 1.91. The Morgan fingerprint density at radius 1 is 1.40 bits per heavy atom. The Morgan fingerprint density at radius 3 is 2.65 bits per heavy atom. The second-order valence-electron chi connectivity index (χ2n) is 6.01. The summed E-state index contributed by atoms with van der Waals surface area (Å²) in [4.78, 5) is 13.4. The smallest absolute Gasteiger partial charge is 0.321 e. The molecule has 0 aromatic heterocycles. The minimum atomic E-state index is -1.04. The average Bonchev–Trinajstić information content (AvgIpc) is 2.39. The van der Waals surface area contributed by atoms with Crippen LogP contribution in [0.1, 0.15) is 32.3 Å². The van der Waals surface area contributed by atoms with E-state index < -0.39 is 17.6 Å². The first-order valence-corrected chi connectivity index (χ1v) is 7.16. The summed E-state index contributed by atoms with van der Waals surface area (Å²) in [5.41, 5.74) is -0.214. The molecule has 1 saturated heterocycles. The maximum atomic E-state index is 11.5. The lowest BCUT2D eigenvalue weighted by molar-refractivity contribution is -0.148. The molecule has 0 radical (unpaired) electrons. The number of aliphatic hydroxyl groups is 1. The van der Waals surface area contributed by atoms with E-state index in [2.05, 4.69) is 0 Å². The molecular formula is C16H23NO3. The van der Waals surface area contributed by atoms with Crippen LogP contribution in [0, 0.1) is 5.92 Å². The molecule has 4 heteroatoms. The molecule has 3 unspecified atom stereocenters. The van der Waals surface area contributed by atoms with Gasteiger partial charge in [0.25, 0.3) is 0 Å². The van der Waals surface area contributed by atoms with E-state index in [1.54, 1.807) is 6.92 Å². The number of nitrogens with zero attached hydrogens (tertiary/aromatic N) is 1. The van der Waals surface area contributed by atoms with Crippen LogP contribution in [0.15, 0.2) is 30.3 Å². The fourth-order valence-electron chi connectivity index (χ4n) is 3.13. The molecule has 2 rings (SSSR count). The lowest BCUT2D eigenvalue weighted by atomic mass is 9.88. The van der Waals surface area contributed by atoms with Crippen molar-refractivity contribution < 1.29 is 15.0 Å². The summed E-state index contributed by atoms with van der Waals surface area (Å²) in [5.74, 6) is -0.672. The van der Waals surface area contributed by atoms with Crippen molar-refractivity contribution in [3.05, 3.63) is 35.9 Å². The van der Waals surface area contributed by atoms with E-state index in [0.29, 0.717) is 6.54 Å². The van der Waals surface area contributed by atoms with Crippen LogP contribution >= 0.6 is 0 Å². The molecule has 1 heterocycles. The molecular weight excluding hydrogens is 254 g/mol. The number of β-amino-alcohol motifs (C(OH)–C–C–N with tert-alkyl or cyclic N) is 1. The number of rotatable bonds is 4. The predicted molar refractivity (Wildman–Crippen MR) is 77.4 cm³/mol. The Bertz CT molecular complexity index is 458. The largest absolute Gasteiger partial charge is 0.480 e. The van der Waals surface area contributed by atoms with Crippen molar-refractivity contribution in [1.82, 2.24) is 4.90 Å². The standard InChI is InChI=1S/C16H23NO3/c1-12-7-6-10-17(14(12)15(18)19)11-16(2,20)13-8-4-3-5-9-13/h3-5,8-9,12,14,20H,6-7,10-11H2,1-2H3,(H,18,19). The zero-order chi connectivity index (χ0) is 14.8. The number of hydrogen-bond donors (Lipinski definition) is 2. The third kappa shape index (κ3) is 3.19. The first kappa shape index (κ1) is 15.0. The molecule has 4 nitrogen and oxygen atoms in total. The quantitative estimate of drug-likeness (QED) is 0.884. The van der Waals surface area contributed by atoms with Gasteiger partial charge < -0.3 is 10.2 Å². The van der Waals surface area contributed by atoms with Crippen molar-refractivity contribution in [3.8, 4) is 0 Å². The monoisotopic (exact) mass is 277 g/mol. The highest BCUT2D eigenvalue weighted by Gasteiger charge is 2.38. The van der Waals surface area contributed by atoms with Crippen molar-refractivity contribution in [2.75, 3.05) is 13.1 Å². The normalized spacial score (nSPS) is 26.9. The number of aliphatic carboxylic acids is 1. The van der Waals surface area contributed by atoms with E-state index in [1.165, 1.54) is 0 Å². The maximum Gasteiger partial charge on any atom is 0.321 e. The van der Waals surface area contributed by atoms with Crippen molar-refractivity contribution in [2.45, 2.75) is 38.3 Å². The summed E-state index contributed by atoms with van der Waals surface area (Å²) in [6, 6.07) is 8.93. The molecule has 1 aliphatic heterocycles. The number of likely N-dealkylation sites (tertiary alicyclic amines) is 1. The summed E-state index contributed by atoms with van der Waals surface area (Å²) >= 11 is 0. The van der Waals surface area contributed by atoms with Crippen LogP contribution in [0.5, 0.6) is 0 Å². The van der Waals surface area contributed by atoms with E-state index in [1.807, 2.05) is 42.2 Å². The minimum absolute atomic E-state index is 0.118. The van der Waals surface area contributed by atoms with Crippen LogP contribution in [0.4, 0.5) is 0 Å². The van der Waals surface area contributed by atoms with Gasteiger partial charge in [-0.1, -0.05) is 37.3 Å². The van der Waals surface area contributed by atoms with Gasteiger partial charge in [-0.15, -0.1) is 0 Å². The average molecular weight is 277 g/mol. The number of carbonyl (C=O) groups is 1. The zero-order valence-corrected chi connectivity index (χ0v) is 12.1. The van der Waals surface area contributed by atoms with Gasteiger partial charge in [0.1, 0.15) is 6.04 Å². The molecule has 0 aliphatic carbocycles. The first-order valence-electron chi connectivity index (χ1n) is 7.16. The summed E-state index contributed by atoms with van der Waals surface area (Å²) in [5, 5.41) is 20.1. The van der Waals surface area contributed by atoms with Crippen molar-refractivity contribution >= 4 is 5.97 Å². The minimum Gasteiger partial charge on any atom is -0.480 e. The Balaban J connectivity index is 2.16. The summed E-state index contributed by atoms with van der Waals surface area (Å²) in [7, 11) is 0. The molecule has 20 heavy (non-hydrogen) atoms. The maximum absolute atomic E-state index is 11.5. The van der Waals surface area contributed by atoms with Gasteiger partial charge in [0.2, 0.25) is 0 Å². The Morgan fingerprint density at radius 2 is 2.05 bits per heavy atom. The van der Waals surface area contributed by atoms with Gasteiger partial charge in [0.05, 0.1) is 5.60 Å². The van der Waals surface area contributed by atoms with Crippen molar-refractivity contribution in [2.24, 2.45) is 5.92 Å². The predicted octanol–water partition coefficient (Wildman–Crippen LogP) is 2.08. The number of benzene rings is 1. The highest BCUT2D eigenvalue weighted by molar-refractivity contribution is 5.74. The number of carboxylic acid groups (broad SMARTS) is 1. The van der Waals surface area contributed by atoms with Crippen LogP contribution in [0.2, 0.25) is 0 Å². The van der Waals surface area contributed by atoms with E-state index >= 15 is 0 Å². The molecule has 2 N–H and O–H groups in total. The van der Waals surface area contributed by atoms with Crippen LogP contribution in [-0.2, 0) is 10.4 Å². The second-order valence-corrected chi connectivity index (χ2v) is 6.01. The van der Waals surface area contributed by atoms with Gasteiger partial charge in [-0.3, -0.25) is 9.69 Å². The lowest BCUT2D eigenvalue weighted by Gasteiger charge is -2.41. The van der Waals surface area contributed by atoms with Crippen molar-refractivity contribution in [3.63, 3.8) is 0 Å². The molecule has 0 spiro atoms. The summed E-state index contributed by atoms with van der Waals surface area (Å²) in [6.45, 7) is 4.80. The lowest BCUT2D eigenvalue weighted by Crippen LogP contribution is -2.53. The van der Waals surface area contributed by atoms with Crippen LogP contribution in [0.25, 0.3) is 0 Å². The summed E-state index contributed by atoms with van der Waals surface area (Å²) < 4.78 is 0. The van der Waals surface area contributed by atoms with E-state index in [4.69, 9.17) is 0 Å². The SMILES string of the molecule is CC1CCCN(CC(C)(O)c2ccccc2)C1C(=O)O.